The van der Waals surface area contributed by atoms with Crippen LogP contribution in [0.3, 0.4) is 0 Å². The second kappa shape index (κ2) is 6.90. The van der Waals surface area contributed by atoms with Gasteiger partial charge < -0.3 is 14.5 Å². The number of carbonyl (C=O) groups excluding carboxylic acids is 2. The Morgan fingerprint density at radius 2 is 2.00 bits per heavy atom. The highest BCUT2D eigenvalue weighted by Crippen LogP contribution is 2.32. The van der Waals surface area contributed by atoms with Crippen LogP contribution >= 0.6 is 11.6 Å². The van der Waals surface area contributed by atoms with Gasteiger partial charge in [0.2, 0.25) is 5.71 Å². The summed E-state index contributed by atoms with van der Waals surface area (Å²) in [5.74, 6) is -0.800. The lowest BCUT2D eigenvalue weighted by molar-refractivity contribution is -0.142. The van der Waals surface area contributed by atoms with Gasteiger partial charge in [-0.3, -0.25) is 4.79 Å². The molecule has 0 aliphatic carbocycles. The Labute approximate surface area is 148 Å². The number of benzene rings is 1. The van der Waals surface area contributed by atoms with Gasteiger partial charge in [0.05, 0.1) is 13.3 Å². The van der Waals surface area contributed by atoms with Crippen molar-refractivity contribution in [2.45, 2.75) is 13.0 Å². The van der Waals surface area contributed by atoms with Crippen molar-refractivity contribution in [2.24, 2.45) is 0 Å². The van der Waals surface area contributed by atoms with Crippen molar-refractivity contribution < 1.29 is 18.7 Å². The van der Waals surface area contributed by atoms with E-state index < -0.39 is 17.9 Å². The van der Waals surface area contributed by atoms with Crippen molar-refractivity contribution in [3.8, 4) is 11.3 Å². The summed E-state index contributed by atoms with van der Waals surface area (Å²) in [4.78, 5) is 32.6. The summed E-state index contributed by atoms with van der Waals surface area (Å²) >= 11 is 5.91. The van der Waals surface area contributed by atoms with Gasteiger partial charge in [-0.25, -0.2) is 14.8 Å². The van der Waals surface area contributed by atoms with Crippen LogP contribution in [0, 0.1) is 0 Å². The molecule has 0 unspecified atom stereocenters. The number of amides is 1. The highest BCUT2D eigenvalue weighted by molar-refractivity contribution is 6.29. The highest BCUT2D eigenvalue weighted by Gasteiger charge is 2.27. The molecule has 128 valence electrons. The molecular weight excluding hydrogens is 346 g/mol. The van der Waals surface area contributed by atoms with Crippen LogP contribution < -0.4 is 5.32 Å². The van der Waals surface area contributed by atoms with Crippen LogP contribution in [0.15, 0.2) is 40.9 Å². The predicted molar refractivity (Wildman–Crippen MR) is 91.2 cm³/mol. The number of methoxy groups -OCH3 is 1. The Balaban J connectivity index is 2.12. The number of nitrogens with one attached hydrogen (secondary N) is 1. The number of furan rings is 1. The fraction of sp³-hybridized carbons (Fsp3) is 0.176. The minimum Gasteiger partial charge on any atom is -0.467 e. The summed E-state index contributed by atoms with van der Waals surface area (Å²) in [6.45, 7) is 1.52. The van der Waals surface area contributed by atoms with Gasteiger partial charge in [-0.15, -0.1) is 0 Å². The van der Waals surface area contributed by atoms with Crippen LogP contribution in [0.1, 0.15) is 17.3 Å². The number of carbonyl (C=O) groups is 2. The minimum atomic E-state index is -0.835. The van der Waals surface area contributed by atoms with Crippen LogP contribution in [-0.4, -0.2) is 35.0 Å². The molecule has 0 fully saturated rings. The topological polar surface area (TPSA) is 94.3 Å². The van der Waals surface area contributed by atoms with Crippen molar-refractivity contribution in [1.82, 2.24) is 15.3 Å². The summed E-state index contributed by atoms with van der Waals surface area (Å²) < 4.78 is 10.3. The van der Waals surface area contributed by atoms with Crippen LogP contribution in [-0.2, 0) is 9.53 Å². The molecule has 1 amide bonds. The molecule has 0 aliphatic heterocycles. The molecule has 1 N–H and O–H groups in total. The third-order valence-electron chi connectivity index (χ3n) is 3.54. The lowest BCUT2D eigenvalue weighted by Crippen LogP contribution is -2.39. The highest BCUT2D eigenvalue weighted by atomic mass is 35.5. The number of ether oxygens (including phenoxy) is 1. The number of fused-ring (bicyclic) bond motifs is 1. The molecule has 0 saturated heterocycles. The van der Waals surface area contributed by atoms with Gasteiger partial charge in [0, 0.05) is 5.56 Å². The maximum absolute atomic E-state index is 12.8. The average Bonchev–Trinajstić information content (AvgIpc) is 3.00. The van der Waals surface area contributed by atoms with Crippen LogP contribution in [0.2, 0.25) is 5.15 Å². The first-order chi connectivity index (χ1) is 12.0. The molecule has 0 bridgehead atoms. The van der Waals surface area contributed by atoms with Gasteiger partial charge in [0.25, 0.3) is 5.91 Å². The molecule has 0 radical (unpaired) electrons. The molecule has 0 saturated carbocycles. The van der Waals surface area contributed by atoms with E-state index in [0.29, 0.717) is 11.3 Å². The maximum atomic E-state index is 12.8. The summed E-state index contributed by atoms with van der Waals surface area (Å²) in [5.41, 5.74) is 1.24. The van der Waals surface area contributed by atoms with E-state index in [-0.39, 0.29) is 21.9 Å². The smallest absolute Gasteiger partial charge is 0.328 e. The van der Waals surface area contributed by atoms with Gasteiger partial charge in [-0.05, 0) is 6.92 Å². The van der Waals surface area contributed by atoms with Crippen molar-refractivity contribution in [3.63, 3.8) is 0 Å². The van der Waals surface area contributed by atoms with Crippen molar-refractivity contribution in [1.29, 1.82) is 0 Å². The summed E-state index contributed by atoms with van der Waals surface area (Å²) in [6, 6.07) is 8.22. The number of halogens is 1. The molecule has 1 atom stereocenters. The van der Waals surface area contributed by atoms with Crippen LogP contribution in [0.25, 0.3) is 22.6 Å². The largest absolute Gasteiger partial charge is 0.467 e. The first kappa shape index (κ1) is 16.9. The first-order valence-electron chi connectivity index (χ1n) is 7.40. The van der Waals surface area contributed by atoms with Crippen LogP contribution in [0.4, 0.5) is 0 Å². The quantitative estimate of drug-likeness (QED) is 0.720. The second-order valence-corrected chi connectivity index (χ2v) is 5.62. The lowest BCUT2D eigenvalue weighted by atomic mass is 10.1. The number of nitrogens with zero attached hydrogens (tertiary/aromatic N) is 2. The molecule has 25 heavy (non-hydrogen) atoms. The maximum Gasteiger partial charge on any atom is 0.328 e. The van der Waals surface area contributed by atoms with E-state index in [9.17, 15) is 9.59 Å². The normalized spacial score (nSPS) is 12.0. The van der Waals surface area contributed by atoms with Gasteiger partial charge in [0.15, 0.2) is 5.76 Å². The zero-order chi connectivity index (χ0) is 18.0. The first-order valence-corrected chi connectivity index (χ1v) is 7.78. The number of hydrogen-bond acceptors (Lipinski definition) is 6. The molecule has 7 nitrogen and oxygen atoms in total. The molecule has 1 aromatic carbocycles. The zero-order valence-electron chi connectivity index (χ0n) is 13.4. The average molecular weight is 360 g/mol. The van der Waals surface area contributed by atoms with Gasteiger partial charge in [0.1, 0.15) is 22.3 Å². The van der Waals surface area contributed by atoms with E-state index in [1.807, 2.05) is 18.2 Å². The summed E-state index contributed by atoms with van der Waals surface area (Å²) in [5, 5.41) is 2.70. The molecule has 2 aromatic heterocycles. The van der Waals surface area contributed by atoms with Crippen LogP contribution in [0.5, 0.6) is 0 Å². The molecule has 0 aliphatic rings. The number of rotatable bonds is 4. The SMILES string of the molecule is COC(=O)[C@@H](C)NC(=O)c1c(-c2ccccc2)oc2ncc(Cl)nc12. The molecule has 0 spiro atoms. The molecule has 3 rings (SSSR count). The Morgan fingerprint density at radius 3 is 2.68 bits per heavy atom. The van der Waals surface area contributed by atoms with Gasteiger partial charge >= 0.3 is 5.97 Å². The zero-order valence-corrected chi connectivity index (χ0v) is 14.2. The number of esters is 1. The lowest BCUT2D eigenvalue weighted by Gasteiger charge is -2.11. The van der Waals surface area contributed by atoms with E-state index in [0.717, 1.165) is 0 Å². The summed E-state index contributed by atoms with van der Waals surface area (Å²) in [7, 11) is 1.25. The van der Waals surface area contributed by atoms with Gasteiger partial charge in [-0.1, -0.05) is 41.9 Å². The van der Waals surface area contributed by atoms with Crippen molar-refractivity contribution >= 4 is 34.7 Å². The molecular formula is C17H14ClN3O4. The number of hydrogen-bond donors (Lipinski definition) is 1. The third-order valence-corrected chi connectivity index (χ3v) is 3.72. The fourth-order valence-corrected chi connectivity index (χ4v) is 2.49. The van der Waals surface area contributed by atoms with E-state index in [4.69, 9.17) is 16.0 Å². The third kappa shape index (κ3) is 3.32. The predicted octanol–water partition coefficient (Wildman–Crippen LogP) is 2.83. The standard InChI is InChI=1S/C17H14ClN3O4/c1-9(17(23)24-2)20-15(22)12-13-16(19-8-11(18)21-13)25-14(12)10-6-4-3-5-7-10/h3-9H,1-2H3,(H,20,22)/t9-/m1/s1. The van der Waals surface area contributed by atoms with E-state index in [1.54, 1.807) is 12.1 Å². The Morgan fingerprint density at radius 1 is 1.28 bits per heavy atom. The number of aromatic nitrogens is 2. The monoisotopic (exact) mass is 359 g/mol. The second-order valence-electron chi connectivity index (χ2n) is 5.24. The Bertz CT molecular complexity index is 940. The van der Waals surface area contributed by atoms with Crippen molar-refractivity contribution in [2.75, 3.05) is 7.11 Å². The Kier molecular flexibility index (Phi) is 4.67. The van der Waals surface area contributed by atoms with E-state index >= 15 is 0 Å². The molecule has 8 heteroatoms. The fourth-order valence-electron chi connectivity index (χ4n) is 2.36. The minimum absolute atomic E-state index is 0.128. The van der Waals surface area contributed by atoms with Crippen molar-refractivity contribution in [3.05, 3.63) is 47.2 Å². The molecule has 3 aromatic rings. The van der Waals surface area contributed by atoms with E-state index in [1.165, 1.54) is 20.2 Å². The summed E-state index contributed by atoms with van der Waals surface area (Å²) in [6.07, 6.45) is 1.33. The molecule has 2 heterocycles. The van der Waals surface area contributed by atoms with Gasteiger partial charge in [-0.2, -0.15) is 0 Å². The van der Waals surface area contributed by atoms with E-state index in [2.05, 4.69) is 20.0 Å². The Hall–Kier alpha value is -2.93.